The van der Waals surface area contributed by atoms with Crippen LogP contribution in [0.25, 0.3) is 10.2 Å². The number of thioether (sulfide) groups is 1. The van der Waals surface area contributed by atoms with Crippen LogP contribution in [0.1, 0.15) is 15.9 Å². The Kier molecular flexibility index (Phi) is 6.50. The van der Waals surface area contributed by atoms with Gasteiger partial charge < -0.3 is 4.90 Å². The van der Waals surface area contributed by atoms with Gasteiger partial charge >= 0.3 is 6.18 Å². The molecule has 3 aromatic rings. The molecule has 0 bridgehead atoms. The van der Waals surface area contributed by atoms with Crippen molar-refractivity contribution < 1.29 is 18.0 Å². The van der Waals surface area contributed by atoms with Crippen LogP contribution in [0.3, 0.4) is 0 Å². The first-order valence-electron chi connectivity index (χ1n) is 8.78. The molecule has 0 aliphatic heterocycles. The molecule has 0 atom stereocenters. The number of carbonyl (C=O) groups excluding carboxylic acids is 1. The lowest BCUT2D eigenvalue weighted by atomic mass is 10.1. The van der Waals surface area contributed by atoms with E-state index < -0.39 is 17.6 Å². The summed E-state index contributed by atoms with van der Waals surface area (Å²) in [6.07, 6.45) is -2.56. The Labute approximate surface area is 175 Å². The highest BCUT2D eigenvalue weighted by Gasteiger charge is 2.32. The Balaban J connectivity index is 2.03. The van der Waals surface area contributed by atoms with Crippen LogP contribution in [0, 0.1) is 0 Å². The SMILES string of the molecule is CSc1cccc2sc(N(CCN(C)C)C(=O)c3cccc(C(F)(F)F)c3)nc12. The van der Waals surface area contributed by atoms with E-state index in [1.54, 1.807) is 11.8 Å². The summed E-state index contributed by atoms with van der Waals surface area (Å²) in [7, 11) is 3.74. The summed E-state index contributed by atoms with van der Waals surface area (Å²) in [4.78, 5) is 22.2. The number of para-hydroxylation sites is 1. The summed E-state index contributed by atoms with van der Waals surface area (Å²) in [5.74, 6) is -0.497. The number of rotatable bonds is 6. The largest absolute Gasteiger partial charge is 0.416 e. The van der Waals surface area contributed by atoms with Gasteiger partial charge in [-0.3, -0.25) is 9.69 Å². The number of carbonyl (C=O) groups is 1. The number of hydrogen-bond acceptors (Lipinski definition) is 5. The quantitative estimate of drug-likeness (QED) is 0.492. The number of anilines is 1. The van der Waals surface area contributed by atoms with E-state index in [1.165, 1.54) is 28.4 Å². The number of thiazole rings is 1. The van der Waals surface area contributed by atoms with Crippen molar-refractivity contribution in [2.75, 3.05) is 38.3 Å². The first-order valence-corrected chi connectivity index (χ1v) is 10.8. The summed E-state index contributed by atoms with van der Waals surface area (Å²) in [5.41, 5.74) is -0.0560. The third-order valence-corrected chi connectivity index (χ3v) is 6.09. The van der Waals surface area contributed by atoms with Gasteiger partial charge in [-0.1, -0.05) is 23.5 Å². The number of aromatic nitrogens is 1. The van der Waals surface area contributed by atoms with E-state index in [0.717, 1.165) is 27.2 Å². The number of hydrogen-bond donors (Lipinski definition) is 0. The Morgan fingerprint density at radius 1 is 1.14 bits per heavy atom. The lowest BCUT2D eigenvalue weighted by Gasteiger charge is -2.22. The maximum atomic E-state index is 13.2. The van der Waals surface area contributed by atoms with Crippen molar-refractivity contribution in [3.8, 4) is 0 Å². The molecule has 4 nitrogen and oxygen atoms in total. The zero-order valence-electron chi connectivity index (χ0n) is 16.2. The molecule has 3 rings (SSSR count). The van der Waals surface area contributed by atoms with Crippen molar-refractivity contribution in [3.05, 3.63) is 53.6 Å². The number of alkyl halides is 3. The molecule has 29 heavy (non-hydrogen) atoms. The van der Waals surface area contributed by atoms with Crippen molar-refractivity contribution in [2.45, 2.75) is 11.1 Å². The lowest BCUT2D eigenvalue weighted by molar-refractivity contribution is -0.137. The predicted octanol–water partition coefficient (Wildman–Crippen LogP) is 5.25. The molecule has 0 aliphatic rings. The highest BCUT2D eigenvalue weighted by atomic mass is 32.2. The molecule has 154 valence electrons. The van der Waals surface area contributed by atoms with Crippen molar-refractivity contribution in [1.29, 1.82) is 0 Å². The van der Waals surface area contributed by atoms with Crippen molar-refractivity contribution in [2.24, 2.45) is 0 Å². The first kappa shape index (κ1) is 21.6. The fraction of sp³-hybridized carbons (Fsp3) is 0.300. The van der Waals surface area contributed by atoms with Crippen LogP contribution in [0.15, 0.2) is 47.4 Å². The predicted molar refractivity (Wildman–Crippen MR) is 113 cm³/mol. The topological polar surface area (TPSA) is 36.4 Å². The van der Waals surface area contributed by atoms with Gasteiger partial charge in [0.25, 0.3) is 5.91 Å². The zero-order chi connectivity index (χ0) is 21.2. The van der Waals surface area contributed by atoms with E-state index in [9.17, 15) is 18.0 Å². The third-order valence-electron chi connectivity index (χ3n) is 4.27. The van der Waals surface area contributed by atoms with Crippen LogP contribution >= 0.6 is 23.1 Å². The third kappa shape index (κ3) is 4.91. The molecule has 0 spiro atoms. The Hall–Kier alpha value is -2.10. The molecule has 0 saturated carbocycles. The van der Waals surface area contributed by atoms with Gasteiger partial charge in [-0.05, 0) is 50.7 Å². The molecular formula is C20H20F3N3OS2. The van der Waals surface area contributed by atoms with Crippen LogP contribution in [-0.4, -0.2) is 49.2 Å². The number of fused-ring (bicyclic) bond motifs is 1. The van der Waals surface area contributed by atoms with E-state index in [4.69, 9.17) is 0 Å². The number of amides is 1. The molecule has 0 aliphatic carbocycles. The molecule has 1 amide bonds. The van der Waals surface area contributed by atoms with Crippen LogP contribution in [0.4, 0.5) is 18.3 Å². The molecule has 0 unspecified atom stereocenters. The van der Waals surface area contributed by atoms with Crippen molar-refractivity contribution in [1.82, 2.24) is 9.88 Å². The second-order valence-electron chi connectivity index (χ2n) is 6.64. The minimum atomic E-state index is -4.51. The summed E-state index contributed by atoms with van der Waals surface area (Å²) in [6, 6.07) is 10.3. The van der Waals surface area contributed by atoms with Gasteiger partial charge in [0, 0.05) is 23.5 Å². The maximum Gasteiger partial charge on any atom is 0.416 e. The average Bonchev–Trinajstić information content (AvgIpc) is 3.11. The highest BCUT2D eigenvalue weighted by molar-refractivity contribution is 7.98. The number of likely N-dealkylation sites (N-methyl/N-ethyl adjacent to an activating group) is 1. The molecule has 0 N–H and O–H groups in total. The summed E-state index contributed by atoms with van der Waals surface area (Å²) in [5, 5.41) is 0.478. The molecule has 9 heteroatoms. The van der Waals surface area contributed by atoms with E-state index >= 15 is 0 Å². The molecule has 0 fully saturated rings. The number of benzene rings is 2. The highest BCUT2D eigenvalue weighted by Crippen LogP contribution is 2.35. The van der Waals surface area contributed by atoms with E-state index in [-0.39, 0.29) is 5.56 Å². The molecule has 0 radical (unpaired) electrons. The first-order chi connectivity index (χ1) is 13.7. The molecule has 0 saturated heterocycles. The van der Waals surface area contributed by atoms with Crippen LogP contribution < -0.4 is 4.90 Å². The summed E-state index contributed by atoms with van der Waals surface area (Å²) in [6.45, 7) is 0.868. The summed E-state index contributed by atoms with van der Waals surface area (Å²) >= 11 is 2.92. The Bertz CT molecular complexity index is 1020. The fourth-order valence-corrected chi connectivity index (χ4v) is 4.41. The number of halogens is 3. The number of nitrogens with zero attached hydrogens (tertiary/aromatic N) is 3. The van der Waals surface area contributed by atoms with Gasteiger partial charge in [-0.2, -0.15) is 13.2 Å². The van der Waals surface area contributed by atoms with Crippen molar-refractivity contribution in [3.63, 3.8) is 0 Å². The lowest BCUT2D eigenvalue weighted by Crippen LogP contribution is -2.36. The fourth-order valence-electron chi connectivity index (χ4n) is 2.76. The second-order valence-corrected chi connectivity index (χ2v) is 8.50. The van der Waals surface area contributed by atoms with Gasteiger partial charge in [0.15, 0.2) is 5.13 Å². The molecule has 1 aromatic heterocycles. The monoisotopic (exact) mass is 439 g/mol. The smallest absolute Gasteiger partial charge is 0.308 e. The van der Waals surface area contributed by atoms with Crippen molar-refractivity contribution >= 4 is 44.4 Å². The molecule has 2 aromatic carbocycles. The van der Waals surface area contributed by atoms with Gasteiger partial charge in [0.2, 0.25) is 0 Å². The molecule has 1 heterocycles. The van der Waals surface area contributed by atoms with Crippen LogP contribution in [-0.2, 0) is 6.18 Å². The van der Waals surface area contributed by atoms with Crippen LogP contribution in [0.5, 0.6) is 0 Å². The molecular weight excluding hydrogens is 419 g/mol. The van der Waals surface area contributed by atoms with Gasteiger partial charge in [0.05, 0.1) is 15.8 Å². The minimum absolute atomic E-state index is 0.0112. The van der Waals surface area contributed by atoms with Gasteiger partial charge in [-0.15, -0.1) is 11.8 Å². The van der Waals surface area contributed by atoms with Crippen LogP contribution in [0.2, 0.25) is 0 Å². The Morgan fingerprint density at radius 3 is 2.52 bits per heavy atom. The van der Waals surface area contributed by atoms with Gasteiger partial charge in [-0.25, -0.2) is 4.98 Å². The van der Waals surface area contributed by atoms with Gasteiger partial charge in [0.1, 0.15) is 0 Å². The van der Waals surface area contributed by atoms with E-state index in [0.29, 0.717) is 18.2 Å². The van der Waals surface area contributed by atoms with E-state index in [2.05, 4.69) is 4.98 Å². The zero-order valence-corrected chi connectivity index (χ0v) is 17.8. The summed E-state index contributed by atoms with van der Waals surface area (Å²) < 4.78 is 40.2. The minimum Gasteiger partial charge on any atom is -0.308 e. The second kappa shape index (κ2) is 8.73. The standard InChI is InChI=1S/C20H20F3N3OS2/c1-25(2)10-11-26(18(27)13-6-4-7-14(12-13)20(21,22)23)19-24-17-15(28-3)8-5-9-16(17)29-19/h4-9,12H,10-11H2,1-3H3. The normalized spacial score (nSPS) is 12.0. The average molecular weight is 440 g/mol. The Morgan fingerprint density at radius 2 is 1.86 bits per heavy atom. The maximum absolute atomic E-state index is 13.2. The van der Waals surface area contributed by atoms with E-state index in [1.807, 2.05) is 43.5 Å².